The average Bonchev–Trinajstić information content (AvgIpc) is 3.40. The summed E-state index contributed by atoms with van der Waals surface area (Å²) in [6.45, 7) is 0.773. The van der Waals surface area contributed by atoms with Crippen LogP contribution in [0.4, 0.5) is 4.39 Å². The van der Waals surface area contributed by atoms with Gasteiger partial charge in [0.05, 0.1) is 0 Å². The lowest BCUT2D eigenvalue weighted by atomic mass is 10.1. The number of primary amides is 1. The maximum absolute atomic E-state index is 13.1. The van der Waals surface area contributed by atoms with E-state index in [0.717, 1.165) is 17.5 Å². The van der Waals surface area contributed by atoms with Crippen molar-refractivity contribution in [1.29, 1.82) is 0 Å². The Morgan fingerprint density at radius 1 is 1.08 bits per heavy atom. The van der Waals surface area contributed by atoms with Gasteiger partial charge in [0.1, 0.15) is 5.82 Å². The molecule has 1 aliphatic carbocycles. The van der Waals surface area contributed by atoms with Crippen molar-refractivity contribution in [2.24, 2.45) is 11.7 Å². The molecule has 0 heterocycles. The molecular formula is C20H21FN2O2. The van der Waals surface area contributed by atoms with Crippen molar-refractivity contribution in [3.8, 4) is 0 Å². The molecule has 5 heteroatoms. The van der Waals surface area contributed by atoms with Gasteiger partial charge in [0, 0.05) is 25.4 Å². The van der Waals surface area contributed by atoms with Gasteiger partial charge >= 0.3 is 0 Å². The minimum atomic E-state index is -0.420. The lowest BCUT2D eigenvalue weighted by molar-refractivity contribution is -0.133. The molecule has 4 nitrogen and oxygen atoms in total. The molecule has 2 atom stereocenters. The second-order valence-electron chi connectivity index (χ2n) is 6.46. The fourth-order valence-corrected chi connectivity index (χ4v) is 3.10. The highest BCUT2D eigenvalue weighted by atomic mass is 19.1. The van der Waals surface area contributed by atoms with E-state index in [-0.39, 0.29) is 30.0 Å². The minimum Gasteiger partial charge on any atom is -0.370 e. The van der Waals surface area contributed by atoms with Crippen molar-refractivity contribution in [3.63, 3.8) is 0 Å². The van der Waals surface area contributed by atoms with E-state index >= 15 is 0 Å². The number of nitrogens with two attached hydrogens (primary N) is 1. The SMILES string of the molecule is NC(=O)CCN(Cc1ccccc1)C(=O)[C@@H]1C[C@@H]1c1ccc(F)cc1. The smallest absolute Gasteiger partial charge is 0.226 e. The van der Waals surface area contributed by atoms with Gasteiger partial charge in [-0.2, -0.15) is 0 Å². The number of halogens is 1. The number of rotatable bonds is 7. The molecule has 0 aromatic heterocycles. The third-order valence-electron chi connectivity index (χ3n) is 4.56. The van der Waals surface area contributed by atoms with Gasteiger partial charge in [-0.3, -0.25) is 9.59 Å². The van der Waals surface area contributed by atoms with E-state index in [1.807, 2.05) is 30.3 Å². The molecule has 2 amide bonds. The third-order valence-corrected chi connectivity index (χ3v) is 4.56. The number of carbonyl (C=O) groups excluding carboxylic acids is 2. The van der Waals surface area contributed by atoms with Crippen LogP contribution in [-0.2, 0) is 16.1 Å². The molecule has 1 saturated carbocycles. The van der Waals surface area contributed by atoms with Crippen LogP contribution in [0.3, 0.4) is 0 Å². The molecule has 0 bridgehead atoms. The van der Waals surface area contributed by atoms with Crippen LogP contribution >= 0.6 is 0 Å². The molecule has 0 spiro atoms. The summed E-state index contributed by atoms with van der Waals surface area (Å²) in [4.78, 5) is 25.7. The van der Waals surface area contributed by atoms with E-state index in [2.05, 4.69) is 0 Å². The van der Waals surface area contributed by atoms with E-state index < -0.39 is 5.91 Å². The van der Waals surface area contributed by atoms with Crippen molar-refractivity contribution in [1.82, 2.24) is 4.90 Å². The topological polar surface area (TPSA) is 63.4 Å². The summed E-state index contributed by atoms with van der Waals surface area (Å²) in [5, 5.41) is 0. The Kier molecular flexibility index (Phi) is 5.12. The van der Waals surface area contributed by atoms with Crippen LogP contribution in [0.15, 0.2) is 54.6 Å². The van der Waals surface area contributed by atoms with E-state index in [1.165, 1.54) is 12.1 Å². The van der Waals surface area contributed by atoms with Gasteiger partial charge < -0.3 is 10.6 Å². The highest BCUT2D eigenvalue weighted by Gasteiger charge is 2.45. The lowest BCUT2D eigenvalue weighted by Crippen LogP contribution is -2.35. The Balaban J connectivity index is 1.68. The fraction of sp³-hybridized carbons (Fsp3) is 0.300. The molecule has 130 valence electrons. The molecule has 0 radical (unpaired) electrons. The number of carbonyl (C=O) groups is 2. The van der Waals surface area contributed by atoms with Crippen molar-refractivity contribution in [3.05, 3.63) is 71.5 Å². The first-order valence-electron chi connectivity index (χ1n) is 8.41. The van der Waals surface area contributed by atoms with Gasteiger partial charge in [0.15, 0.2) is 0 Å². The van der Waals surface area contributed by atoms with Gasteiger partial charge in [0.25, 0.3) is 0 Å². The Morgan fingerprint density at radius 2 is 1.76 bits per heavy atom. The molecule has 2 N–H and O–H groups in total. The fourth-order valence-electron chi connectivity index (χ4n) is 3.10. The van der Waals surface area contributed by atoms with E-state index in [1.54, 1.807) is 17.0 Å². The van der Waals surface area contributed by atoms with Crippen LogP contribution in [0, 0.1) is 11.7 Å². The van der Waals surface area contributed by atoms with Crippen molar-refractivity contribution >= 4 is 11.8 Å². The number of hydrogen-bond acceptors (Lipinski definition) is 2. The first-order chi connectivity index (χ1) is 12.0. The molecule has 25 heavy (non-hydrogen) atoms. The van der Waals surface area contributed by atoms with Crippen LogP contribution in [0.1, 0.15) is 29.9 Å². The predicted molar refractivity (Wildman–Crippen MR) is 92.9 cm³/mol. The Bertz CT molecular complexity index is 746. The first-order valence-corrected chi connectivity index (χ1v) is 8.41. The Hall–Kier alpha value is -2.69. The van der Waals surface area contributed by atoms with Gasteiger partial charge in [-0.1, -0.05) is 42.5 Å². The zero-order valence-corrected chi connectivity index (χ0v) is 13.9. The van der Waals surface area contributed by atoms with Crippen LogP contribution < -0.4 is 5.73 Å². The zero-order valence-electron chi connectivity index (χ0n) is 13.9. The maximum atomic E-state index is 13.1. The first kappa shape index (κ1) is 17.1. The van der Waals surface area contributed by atoms with Crippen LogP contribution in [-0.4, -0.2) is 23.3 Å². The average molecular weight is 340 g/mol. The second-order valence-corrected chi connectivity index (χ2v) is 6.46. The number of benzene rings is 2. The number of amides is 2. The van der Waals surface area contributed by atoms with E-state index in [9.17, 15) is 14.0 Å². The normalized spacial score (nSPS) is 18.6. The Morgan fingerprint density at radius 3 is 2.40 bits per heavy atom. The highest BCUT2D eigenvalue weighted by Crippen LogP contribution is 2.48. The van der Waals surface area contributed by atoms with Crippen molar-refractivity contribution in [2.75, 3.05) is 6.54 Å². The summed E-state index contributed by atoms with van der Waals surface area (Å²) in [5.41, 5.74) is 7.24. The Labute approximate surface area is 146 Å². The molecule has 0 unspecified atom stereocenters. The van der Waals surface area contributed by atoms with E-state index in [4.69, 9.17) is 5.73 Å². The quantitative estimate of drug-likeness (QED) is 0.842. The molecule has 3 rings (SSSR count). The van der Waals surface area contributed by atoms with Crippen molar-refractivity contribution in [2.45, 2.75) is 25.3 Å². The largest absolute Gasteiger partial charge is 0.370 e. The number of nitrogens with zero attached hydrogens (tertiary/aromatic N) is 1. The third kappa shape index (κ3) is 4.44. The predicted octanol–water partition coefficient (Wildman–Crippen LogP) is 2.83. The molecule has 0 aliphatic heterocycles. The summed E-state index contributed by atoms with van der Waals surface area (Å²) in [6, 6.07) is 16.0. The summed E-state index contributed by atoms with van der Waals surface area (Å²) in [5.74, 6) is -0.655. The van der Waals surface area contributed by atoms with Gasteiger partial charge in [-0.25, -0.2) is 4.39 Å². The van der Waals surface area contributed by atoms with Gasteiger partial charge in [-0.05, 0) is 35.6 Å². The van der Waals surface area contributed by atoms with Crippen molar-refractivity contribution < 1.29 is 14.0 Å². The van der Waals surface area contributed by atoms with Gasteiger partial charge in [0.2, 0.25) is 11.8 Å². The molecule has 1 aliphatic rings. The summed E-state index contributed by atoms with van der Waals surface area (Å²) in [6.07, 6.45) is 0.902. The maximum Gasteiger partial charge on any atom is 0.226 e. The van der Waals surface area contributed by atoms with Crippen LogP contribution in [0.2, 0.25) is 0 Å². The van der Waals surface area contributed by atoms with E-state index in [0.29, 0.717) is 13.1 Å². The van der Waals surface area contributed by atoms with Crippen LogP contribution in [0.25, 0.3) is 0 Å². The molecule has 2 aromatic rings. The summed E-state index contributed by atoms with van der Waals surface area (Å²) >= 11 is 0. The van der Waals surface area contributed by atoms with Gasteiger partial charge in [-0.15, -0.1) is 0 Å². The summed E-state index contributed by atoms with van der Waals surface area (Å²) < 4.78 is 13.1. The lowest BCUT2D eigenvalue weighted by Gasteiger charge is -2.22. The minimum absolute atomic E-state index is 0.0272. The molecule has 0 saturated heterocycles. The molecule has 2 aromatic carbocycles. The monoisotopic (exact) mass is 340 g/mol. The molecular weight excluding hydrogens is 319 g/mol. The summed E-state index contributed by atoms with van der Waals surface area (Å²) in [7, 11) is 0. The number of hydrogen-bond donors (Lipinski definition) is 1. The standard InChI is InChI=1S/C20H21FN2O2/c21-16-8-6-15(7-9-16)17-12-18(17)20(25)23(11-10-19(22)24)13-14-4-2-1-3-5-14/h1-9,17-18H,10-13H2,(H2,22,24)/t17-,18-/m1/s1. The second kappa shape index (κ2) is 7.47. The zero-order chi connectivity index (χ0) is 17.8. The molecule has 1 fully saturated rings. The van der Waals surface area contributed by atoms with Crippen LogP contribution in [0.5, 0.6) is 0 Å². The highest BCUT2D eigenvalue weighted by molar-refractivity contribution is 5.83.